The van der Waals surface area contributed by atoms with Crippen LogP contribution in [0.2, 0.25) is 0 Å². The summed E-state index contributed by atoms with van der Waals surface area (Å²) >= 11 is 0. The number of hydrogen-bond acceptors (Lipinski definition) is 6. The van der Waals surface area contributed by atoms with E-state index in [1.165, 1.54) is 0 Å². The molecule has 6 nitrogen and oxygen atoms in total. The molecular weight excluding hydrogens is 322 g/mol. The Kier molecular flexibility index (Phi) is 2.79. The highest BCUT2D eigenvalue weighted by molar-refractivity contribution is 5.61. The Morgan fingerprint density at radius 1 is 1.28 bits per heavy atom. The Morgan fingerprint density at radius 3 is 2.80 bits per heavy atom. The minimum Gasteiger partial charge on any atom is -0.504 e. The largest absolute Gasteiger partial charge is 0.504 e. The van der Waals surface area contributed by atoms with Crippen molar-refractivity contribution in [2.45, 2.75) is 42.1 Å². The molecule has 1 aromatic rings. The maximum Gasteiger partial charge on any atom is 0.245 e. The summed E-state index contributed by atoms with van der Waals surface area (Å²) < 4.78 is 17.1. The van der Waals surface area contributed by atoms with Gasteiger partial charge >= 0.3 is 0 Å². The molecule has 134 valence electrons. The van der Waals surface area contributed by atoms with E-state index in [0.29, 0.717) is 24.4 Å². The van der Waals surface area contributed by atoms with E-state index in [-0.39, 0.29) is 11.9 Å². The molecule has 0 amide bonds. The van der Waals surface area contributed by atoms with Crippen molar-refractivity contribution in [1.29, 1.82) is 0 Å². The van der Waals surface area contributed by atoms with Crippen LogP contribution in [-0.2, 0) is 14.9 Å². The molecule has 1 spiro atoms. The second kappa shape index (κ2) is 4.50. The van der Waals surface area contributed by atoms with Crippen LogP contribution in [0.1, 0.15) is 36.5 Å². The molecule has 2 heterocycles. The van der Waals surface area contributed by atoms with Gasteiger partial charge in [0.2, 0.25) is 5.79 Å². The molecule has 6 heteroatoms. The van der Waals surface area contributed by atoms with E-state index in [9.17, 15) is 10.2 Å². The molecular formula is C19H23NO5. The van der Waals surface area contributed by atoms with Gasteiger partial charge in [-0.05, 0) is 44.1 Å². The number of phenolic OH excluding ortho intramolecular Hbond substituents is 1. The molecule has 2 N–H and O–H groups in total. The predicted molar refractivity (Wildman–Crippen MR) is 89.4 cm³/mol. The van der Waals surface area contributed by atoms with E-state index in [0.717, 1.165) is 24.1 Å². The number of allylic oxidation sites excluding steroid dienone is 1. The smallest absolute Gasteiger partial charge is 0.245 e. The number of nitrogens with zero attached hydrogens (tertiary/aromatic N) is 1. The lowest BCUT2D eigenvalue weighted by Crippen LogP contribution is -2.69. The topological polar surface area (TPSA) is 71.4 Å². The number of aliphatic hydroxyl groups is 1. The zero-order valence-electron chi connectivity index (χ0n) is 14.7. The molecule has 0 radical (unpaired) electrons. The highest BCUT2D eigenvalue weighted by atomic mass is 16.7. The quantitative estimate of drug-likeness (QED) is 0.852. The SMILES string of the molecule is COC1=CCC23CCN(C)C24CC(OC14O)c1ccc(OC)c(O)c13. The minimum atomic E-state index is -1.52. The molecule has 2 bridgehead atoms. The first kappa shape index (κ1) is 15.5. The summed E-state index contributed by atoms with van der Waals surface area (Å²) in [6.07, 6.45) is 3.84. The molecule has 4 unspecified atom stereocenters. The van der Waals surface area contributed by atoms with Crippen molar-refractivity contribution in [3.05, 3.63) is 35.1 Å². The average Bonchev–Trinajstić information content (AvgIpc) is 3.08. The van der Waals surface area contributed by atoms with Crippen molar-refractivity contribution in [2.24, 2.45) is 0 Å². The summed E-state index contributed by atoms with van der Waals surface area (Å²) in [6.45, 7) is 0.819. The Bertz CT molecular complexity index is 807. The monoisotopic (exact) mass is 345 g/mol. The maximum atomic E-state index is 11.7. The van der Waals surface area contributed by atoms with Crippen molar-refractivity contribution in [2.75, 3.05) is 27.8 Å². The van der Waals surface area contributed by atoms with Crippen LogP contribution in [0.4, 0.5) is 0 Å². The summed E-state index contributed by atoms with van der Waals surface area (Å²) in [5.41, 5.74) is 0.738. The number of aromatic hydroxyl groups is 1. The zero-order chi connectivity index (χ0) is 17.6. The average molecular weight is 345 g/mol. The van der Waals surface area contributed by atoms with Gasteiger partial charge in [0.1, 0.15) is 0 Å². The molecule has 2 aliphatic carbocycles. The van der Waals surface area contributed by atoms with Gasteiger partial charge in [-0.1, -0.05) is 6.07 Å². The van der Waals surface area contributed by atoms with Gasteiger partial charge < -0.3 is 24.4 Å². The van der Waals surface area contributed by atoms with Gasteiger partial charge in [0.15, 0.2) is 17.3 Å². The normalized spacial score (nSPS) is 41.1. The van der Waals surface area contributed by atoms with Gasteiger partial charge in [0.05, 0.1) is 25.9 Å². The second-order valence-electron chi connectivity index (χ2n) is 7.63. The number of methoxy groups -OCH3 is 2. The van der Waals surface area contributed by atoms with Crippen LogP contribution in [0.5, 0.6) is 11.5 Å². The third-order valence-electron chi connectivity index (χ3n) is 7.08. The summed E-state index contributed by atoms with van der Waals surface area (Å²) in [4.78, 5) is 2.20. The first-order valence-corrected chi connectivity index (χ1v) is 8.71. The lowest BCUT2D eigenvalue weighted by atomic mass is 9.53. The van der Waals surface area contributed by atoms with E-state index in [2.05, 4.69) is 4.90 Å². The van der Waals surface area contributed by atoms with Gasteiger partial charge in [-0.25, -0.2) is 0 Å². The number of ether oxygens (including phenoxy) is 3. The van der Waals surface area contributed by atoms with Crippen LogP contribution >= 0.6 is 0 Å². The lowest BCUT2D eigenvalue weighted by Gasteiger charge is -2.56. The van der Waals surface area contributed by atoms with E-state index in [4.69, 9.17) is 14.2 Å². The minimum absolute atomic E-state index is 0.173. The van der Waals surface area contributed by atoms with Crippen LogP contribution in [0.15, 0.2) is 24.0 Å². The van der Waals surface area contributed by atoms with Crippen molar-refractivity contribution < 1.29 is 24.4 Å². The number of hydrogen-bond donors (Lipinski definition) is 2. The fourth-order valence-corrected chi connectivity index (χ4v) is 6.10. The van der Waals surface area contributed by atoms with Crippen molar-refractivity contribution >= 4 is 0 Å². The molecule has 2 saturated heterocycles. The molecule has 1 aromatic carbocycles. The standard InChI is InChI=1S/C19H23NO5/c1-20-9-8-17-7-6-14(24-3)19(22)18(17,20)10-13(25-19)11-4-5-12(23-2)16(21)15(11)17/h4-6,13,21-22H,7-10H2,1-3H3. The summed E-state index contributed by atoms with van der Waals surface area (Å²) in [7, 11) is 5.16. The Balaban J connectivity index is 1.88. The highest BCUT2D eigenvalue weighted by Crippen LogP contribution is 2.72. The van der Waals surface area contributed by atoms with Gasteiger partial charge in [-0.3, -0.25) is 4.90 Å². The van der Waals surface area contributed by atoms with Gasteiger partial charge in [0.25, 0.3) is 0 Å². The van der Waals surface area contributed by atoms with Crippen LogP contribution in [0, 0.1) is 0 Å². The number of phenols is 1. The fourth-order valence-electron chi connectivity index (χ4n) is 6.10. The second-order valence-corrected chi connectivity index (χ2v) is 7.63. The highest BCUT2D eigenvalue weighted by Gasteiger charge is 2.79. The molecule has 2 aliphatic heterocycles. The first-order valence-electron chi connectivity index (χ1n) is 8.71. The van der Waals surface area contributed by atoms with Crippen molar-refractivity contribution in [3.8, 4) is 11.5 Å². The van der Waals surface area contributed by atoms with E-state index in [1.807, 2.05) is 19.2 Å². The predicted octanol–water partition coefficient (Wildman–Crippen LogP) is 1.81. The molecule has 0 aromatic heterocycles. The van der Waals surface area contributed by atoms with E-state index >= 15 is 0 Å². The summed E-state index contributed by atoms with van der Waals surface area (Å²) in [5, 5.41) is 22.7. The molecule has 0 saturated carbocycles. The van der Waals surface area contributed by atoms with Crippen LogP contribution in [0.3, 0.4) is 0 Å². The number of likely N-dealkylation sites (N-methyl/N-ethyl adjacent to an activating group) is 1. The first-order chi connectivity index (χ1) is 11.9. The van der Waals surface area contributed by atoms with Gasteiger partial charge in [-0.15, -0.1) is 0 Å². The zero-order valence-corrected chi connectivity index (χ0v) is 14.7. The summed E-state index contributed by atoms with van der Waals surface area (Å²) in [6, 6.07) is 3.74. The number of rotatable bonds is 2. The Labute approximate surface area is 146 Å². The van der Waals surface area contributed by atoms with Crippen LogP contribution < -0.4 is 4.74 Å². The van der Waals surface area contributed by atoms with Crippen LogP contribution in [-0.4, -0.2) is 54.3 Å². The summed E-state index contributed by atoms with van der Waals surface area (Å²) in [5.74, 6) is -0.413. The molecule has 2 fully saturated rings. The lowest BCUT2D eigenvalue weighted by molar-refractivity contribution is -0.242. The number of benzene rings is 1. The van der Waals surface area contributed by atoms with Crippen LogP contribution in [0.25, 0.3) is 0 Å². The van der Waals surface area contributed by atoms with Crippen molar-refractivity contribution in [3.63, 3.8) is 0 Å². The number of fused-ring (bicyclic) bond motifs is 3. The van der Waals surface area contributed by atoms with Gasteiger partial charge in [0, 0.05) is 17.4 Å². The number of likely N-dealkylation sites (tertiary alicyclic amines) is 1. The molecule has 4 atom stereocenters. The maximum absolute atomic E-state index is 11.7. The van der Waals surface area contributed by atoms with Gasteiger partial charge in [-0.2, -0.15) is 0 Å². The van der Waals surface area contributed by atoms with Crippen molar-refractivity contribution in [1.82, 2.24) is 4.90 Å². The van der Waals surface area contributed by atoms with E-state index < -0.39 is 16.7 Å². The third kappa shape index (κ3) is 1.38. The molecule has 4 aliphatic rings. The molecule has 5 rings (SSSR count). The Hall–Kier alpha value is -1.76. The van der Waals surface area contributed by atoms with E-state index in [1.54, 1.807) is 20.3 Å². The molecule has 25 heavy (non-hydrogen) atoms. The fraction of sp³-hybridized carbons (Fsp3) is 0.579. The third-order valence-corrected chi connectivity index (χ3v) is 7.08. The Morgan fingerprint density at radius 2 is 2.08 bits per heavy atom.